The van der Waals surface area contributed by atoms with Crippen LogP contribution in [0.4, 0.5) is 11.4 Å². The molecule has 0 amide bonds. The monoisotopic (exact) mass is 382 g/mol. The minimum Gasteiger partial charge on any atom is -0.478 e. The molecule has 1 saturated heterocycles. The number of hydrogen-bond donors (Lipinski definition) is 0. The van der Waals surface area contributed by atoms with Crippen LogP contribution in [0, 0.1) is 0 Å². The molecule has 2 heterocycles. The van der Waals surface area contributed by atoms with Crippen LogP contribution in [0.15, 0.2) is 59.6 Å². The first-order valence-electron chi connectivity index (χ1n) is 9.97. The number of ether oxygens (including phenoxy) is 1. The molecule has 1 unspecified atom stereocenters. The summed E-state index contributed by atoms with van der Waals surface area (Å²) in [5.74, 6) is 0.301. The van der Waals surface area contributed by atoms with Crippen LogP contribution < -0.4 is 9.64 Å². The SMILES string of the molecule is O=C1c2ccccc2C(=O)c2c3c(cc(N4CCCC4)c21)OC1C=CC=CC1=N3. The van der Waals surface area contributed by atoms with Crippen molar-refractivity contribution >= 4 is 28.7 Å². The van der Waals surface area contributed by atoms with Gasteiger partial charge in [0.25, 0.3) is 0 Å². The highest BCUT2D eigenvalue weighted by Crippen LogP contribution is 2.47. The Labute approximate surface area is 168 Å². The minimum atomic E-state index is -0.265. The van der Waals surface area contributed by atoms with Crippen LogP contribution in [0.2, 0.25) is 0 Å². The molecule has 142 valence electrons. The third-order valence-electron chi connectivity index (χ3n) is 6.01. The van der Waals surface area contributed by atoms with E-state index in [0.29, 0.717) is 33.7 Å². The summed E-state index contributed by atoms with van der Waals surface area (Å²) in [7, 11) is 0. The van der Waals surface area contributed by atoms with E-state index in [0.717, 1.165) is 37.3 Å². The van der Waals surface area contributed by atoms with E-state index in [1.54, 1.807) is 24.3 Å². The van der Waals surface area contributed by atoms with E-state index < -0.39 is 0 Å². The molecular weight excluding hydrogens is 364 g/mol. The van der Waals surface area contributed by atoms with Gasteiger partial charge in [-0.2, -0.15) is 0 Å². The van der Waals surface area contributed by atoms with Crippen LogP contribution in [-0.2, 0) is 0 Å². The van der Waals surface area contributed by atoms with E-state index in [4.69, 9.17) is 9.73 Å². The number of nitrogens with zero attached hydrogens (tertiary/aromatic N) is 2. The van der Waals surface area contributed by atoms with Crippen LogP contribution in [-0.4, -0.2) is 36.5 Å². The second-order valence-corrected chi connectivity index (χ2v) is 7.71. The lowest BCUT2D eigenvalue weighted by atomic mass is 9.81. The average Bonchev–Trinajstić information content (AvgIpc) is 3.30. The summed E-state index contributed by atoms with van der Waals surface area (Å²) < 4.78 is 6.21. The summed E-state index contributed by atoms with van der Waals surface area (Å²) in [4.78, 5) is 34.0. The Balaban J connectivity index is 1.65. The summed E-state index contributed by atoms with van der Waals surface area (Å²) >= 11 is 0. The second kappa shape index (κ2) is 6.01. The zero-order valence-corrected chi connectivity index (χ0v) is 15.7. The van der Waals surface area contributed by atoms with Crippen molar-refractivity contribution in [1.29, 1.82) is 0 Å². The van der Waals surface area contributed by atoms with Gasteiger partial charge in [0.2, 0.25) is 0 Å². The number of hydrogen-bond acceptors (Lipinski definition) is 5. The molecule has 6 rings (SSSR count). The number of aliphatic imine (C=N–C) groups is 1. The standard InChI is InChI=1S/C24H18N2O3/c27-23-14-7-1-2-8-15(14)24(28)21-20(23)17(26-11-5-6-12-26)13-19-22(21)25-16-9-3-4-10-18(16)29-19/h1-4,7-10,13,18H,5-6,11-12H2. The fourth-order valence-corrected chi connectivity index (χ4v) is 4.62. The normalized spacial score (nSPS) is 21.2. The Morgan fingerprint density at radius 1 is 0.966 bits per heavy atom. The topological polar surface area (TPSA) is 59.0 Å². The zero-order chi connectivity index (χ0) is 19.5. The van der Waals surface area contributed by atoms with Gasteiger partial charge < -0.3 is 9.64 Å². The molecule has 1 fully saturated rings. The Morgan fingerprint density at radius 2 is 1.69 bits per heavy atom. The van der Waals surface area contributed by atoms with Gasteiger partial charge in [-0.1, -0.05) is 36.4 Å². The molecule has 29 heavy (non-hydrogen) atoms. The maximum atomic E-state index is 13.5. The van der Waals surface area contributed by atoms with Crippen LogP contribution in [0.5, 0.6) is 5.75 Å². The van der Waals surface area contributed by atoms with Crippen molar-refractivity contribution in [3.63, 3.8) is 0 Å². The van der Waals surface area contributed by atoms with Gasteiger partial charge in [-0.3, -0.25) is 9.59 Å². The highest BCUT2D eigenvalue weighted by Gasteiger charge is 2.39. The number of carbonyl (C=O) groups is 2. The number of anilines is 1. The van der Waals surface area contributed by atoms with Gasteiger partial charge >= 0.3 is 0 Å². The highest BCUT2D eigenvalue weighted by molar-refractivity contribution is 6.32. The summed E-state index contributed by atoms with van der Waals surface area (Å²) in [6.07, 6.45) is 9.54. The number of rotatable bonds is 1. The molecule has 2 aliphatic heterocycles. The van der Waals surface area contributed by atoms with Gasteiger partial charge in [-0.25, -0.2) is 4.99 Å². The van der Waals surface area contributed by atoms with E-state index in [2.05, 4.69) is 4.90 Å². The largest absolute Gasteiger partial charge is 0.478 e. The minimum absolute atomic E-state index is 0.110. The molecule has 0 aromatic heterocycles. The Morgan fingerprint density at radius 3 is 2.45 bits per heavy atom. The van der Waals surface area contributed by atoms with Crippen molar-refractivity contribution in [3.05, 3.63) is 76.9 Å². The molecule has 1 atom stereocenters. The van der Waals surface area contributed by atoms with E-state index in [9.17, 15) is 9.59 Å². The third kappa shape index (κ3) is 2.30. The predicted molar refractivity (Wildman–Crippen MR) is 111 cm³/mol. The van der Waals surface area contributed by atoms with E-state index >= 15 is 0 Å². The predicted octanol–water partition coefficient (Wildman–Crippen LogP) is 4.02. The molecule has 2 aromatic rings. The van der Waals surface area contributed by atoms with Crippen LogP contribution >= 0.6 is 0 Å². The lowest BCUT2D eigenvalue weighted by Gasteiger charge is -2.31. The van der Waals surface area contributed by atoms with Gasteiger partial charge in [0, 0.05) is 30.3 Å². The molecular formula is C24H18N2O3. The number of ketones is 2. The highest BCUT2D eigenvalue weighted by atomic mass is 16.5. The van der Waals surface area contributed by atoms with Crippen molar-refractivity contribution in [2.24, 2.45) is 4.99 Å². The van der Waals surface area contributed by atoms with Crippen LogP contribution in [0.25, 0.3) is 0 Å². The summed E-state index contributed by atoms with van der Waals surface area (Å²) in [6, 6.07) is 8.95. The van der Waals surface area contributed by atoms with Crippen LogP contribution in [0.3, 0.4) is 0 Å². The first-order chi connectivity index (χ1) is 14.2. The van der Waals surface area contributed by atoms with Crippen LogP contribution in [0.1, 0.15) is 44.7 Å². The first kappa shape index (κ1) is 16.5. The average molecular weight is 382 g/mol. The molecule has 2 aliphatic carbocycles. The summed E-state index contributed by atoms with van der Waals surface area (Å²) in [5, 5.41) is 0. The summed E-state index contributed by atoms with van der Waals surface area (Å²) in [5.41, 5.74) is 3.76. The molecule has 5 heteroatoms. The number of allylic oxidation sites excluding steroid dienone is 2. The van der Waals surface area contributed by atoms with Gasteiger partial charge in [0.05, 0.1) is 22.5 Å². The quantitative estimate of drug-likeness (QED) is 0.638. The van der Waals surface area contributed by atoms with E-state index in [1.807, 2.05) is 30.4 Å². The third-order valence-corrected chi connectivity index (χ3v) is 6.01. The fraction of sp³-hybridized carbons (Fsp3) is 0.208. The van der Waals surface area contributed by atoms with Gasteiger partial charge in [-0.05, 0) is 25.0 Å². The Kier molecular flexibility index (Phi) is 3.42. The zero-order valence-electron chi connectivity index (χ0n) is 15.7. The smallest absolute Gasteiger partial charge is 0.196 e. The molecule has 4 aliphatic rings. The van der Waals surface area contributed by atoms with Crippen molar-refractivity contribution < 1.29 is 14.3 Å². The van der Waals surface area contributed by atoms with Crippen molar-refractivity contribution in [2.45, 2.75) is 18.9 Å². The van der Waals surface area contributed by atoms with E-state index in [1.165, 1.54) is 0 Å². The fourth-order valence-electron chi connectivity index (χ4n) is 4.62. The molecule has 0 spiro atoms. The second-order valence-electron chi connectivity index (χ2n) is 7.71. The van der Waals surface area contributed by atoms with Crippen molar-refractivity contribution in [2.75, 3.05) is 18.0 Å². The van der Waals surface area contributed by atoms with Crippen molar-refractivity contribution in [3.8, 4) is 5.75 Å². The Hall–Kier alpha value is -3.47. The molecule has 0 saturated carbocycles. The van der Waals surface area contributed by atoms with Gasteiger partial charge in [0.15, 0.2) is 17.7 Å². The molecule has 0 bridgehead atoms. The molecule has 2 aromatic carbocycles. The molecule has 0 N–H and O–H groups in total. The van der Waals surface area contributed by atoms with Crippen molar-refractivity contribution in [1.82, 2.24) is 0 Å². The number of carbonyl (C=O) groups excluding carboxylic acids is 2. The van der Waals surface area contributed by atoms with Gasteiger partial charge in [-0.15, -0.1) is 0 Å². The molecule has 0 radical (unpaired) electrons. The first-order valence-corrected chi connectivity index (χ1v) is 9.97. The number of benzene rings is 2. The lowest BCUT2D eigenvalue weighted by molar-refractivity contribution is 0.0979. The Bertz CT molecular complexity index is 1180. The number of fused-ring (bicyclic) bond motifs is 5. The summed E-state index contributed by atoms with van der Waals surface area (Å²) in [6.45, 7) is 1.74. The maximum absolute atomic E-state index is 13.5. The lowest BCUT2D eigenvalue weighted by Crippen LogP contribution is -2.31. The molecule has 5 nitrogen and oxygen atoms in total. The van der Waals surface area contributed by atoms with E-state index in [-0.39, 0.29) is 17.7 Å². The maximum Gasteiger partial charge on any atom is 0.196 e. The van der Waals surface area contributed by atoms with Gasteiger partial charge in [0.1, 0.15) is 11.4 Å².